The Kier molecular flexibility index (Phi) is 5.90. The lowest BCUT2D eigenvalue weighted by Crippen LogP contribution is -2.52. The van der Waals surface area contributed by atoms with E-state index in [0.29, 0.717) is 19.3 Å². The van der Waals surface area contributed by atoms with Crippen LogP contribution in [0, 0.1) is 11.7 Å². The van der Waals surface area contributed by atoms with E-state index in [0.717, 1.165) is 12.3 Å². The lowest BCUT2D eigenvalue weighted by molar-refractivity contribution is -0.137. The van der Waals surface area contributed by atoms with Crippen molar-refractivity contribution in [3.63, 3.8) is 0 Å². The Morgan fingerprint density at radius 3 is 2.51 bits per heavy atom. The zero-order valence-electron chi connectivity index (χ0n) is 18.7. The van der Waals surface area contributed by atoms with Crippen molar-refractivity contribution < 1.29 is 27.1 Å². The fraction of sp³-hybridized carbons (Fsp3) is 0.360. The van der Waals surface area contributed by atoms with Gasteiger partial charge in [-0.05, 0) is 49.4 Å². The van der Waals surface area contributed by atoms with Gasteiger partial charge in [-0.25, -0.2) is 19.3 Å². The number of carbonyl (C=O) groups excluding carboxylic acids is 1. The van der Waals surface area contributed by atoms with E-state index in [1.807, 2.05) is 6.92 Å². The molecule has 2 fully saturated rings. The number of halogens is 4. The smallest absolute Gasteiger partial charge is 0.417 e. The predicted molar refractivity (Wildman–Crippen MR) is 118 cm³/mol. The van der Waals surface area contributed by atoms with Gasteiger partial charge in [-0.15, -0.1) is 0 Å². The van der Waals surface area contributed by atoms with Crippen LogP contribution in [0.4, 0.5) is 17.6 Å². The molecule has 3 heterocycles. The lowest BCUT2D eigenvalue weighted by Gasteiger charge is -2.39. The van der Waals surface area contributed by atoms with Crippen molar-refractivity contribution in [2.24, 2.45) is 5.92 Å². The van der Waals surface area contributed by atoms with Crippen molar-refractivity contribution in [3.05, 3.63) is 71.9 Å². The van der Waals surface area contributed by atoms with Crippen LogP contribution in [0.15, 0.2) is 55.0 Å². The summed E-state index contributed by atoms with van der Waals surface area (Å²) in [6, 6.07) is 7.65. The Bertz CT molecular complexity index is 1220. The lowest BCUT2D eigenvalue weighted by atomic mass is 9.94. The molecule has 0 N–H and O–H groups in total. The van der Waals surface area contributed by atoms with Crippen LogP contribution in [-0.2, 0) is 6.18 Å². The van der Waals surface area contributed by atoms with Gasteiger partial charge in [-0.3, -0.25) is 4.79 Å². The summed E-state index contributed by atoms with van der Waals surface area (Å²) >= 11 is 0. The van der Waals surface area contributed by atoms with E-state index >= 15 is 0 Å². The van der Waals surface area contributed by atoms with Gasteiger partial charge < -0.3 is 9.64 Å². The second-order valence-corrected chi connectivity index (χ2v) is 8.76. The molecule has 2 aromatic heterocycles. The number of aromatic nitrogens is 3. The zero-order chi connectivity index (χ0) is 24.7. The molecule has 1 aliphatic heterocycles. The van der Waals surface area contributed by atoms with Gasteiger partial charge in [0, 0.05) is 30.7 Å². The number of rotatable bonds is 5. The number of carbonyl (C=O) groups is 1. The van der Waals surface area contributed by atoms with Crippen molar-refractivity contribution >= 4 is 5.91 Å². The maximum atomic E-state index is 14.9. The van der Waals surface area contributed by atoms with Crippen LogP contribution < -0.4 is 4.74 Å². The minimum atomic E-state index is -4.49. The molecule has 4 unspecified atom stereocenters. The summed E-state index contributed by atoms with van der Waals surface area (Å²) in [7, 11) is 0. The molecule has 2 aliphatic rings. The van der Waals surface area contributed by atoms with Crippen LogP contribution in [0.1, 0.15) is 42.1 Å². The molecular weight excluding hydrogens is 464 g/mol. The minimum Gasteiger partial charge on any atom is -0.472 e. The molecule has 0 radical (unpaired) electrons. The number of pyridine rings is 1. The van der Waals surface area contributed by atoms with E-state index in [1.165, 1.54) is 30.6 Å². The highest BCUT2D eigenvalue weighted by Gasteiger charge is 2.54. The fourth-order valence-corrected chi connectivity index (χ4v) is 5.32. The third kappa shape index (κ3) is 4.21. The number of hydrogen-bond acceptors (Lipinski definition) is 5. The maximum absolute atomic E-state index is 14.9. The number of nitrogens with zero attached hydrogens (tertiary/aromatic N) is 4. The van der Waals surface area contributed by atoms with E-state index in [9.17, 15) is 22.4 Å². The summed E-state index contributed by atoms with van der Waals surface area (Å²) in [5, 5.41) is 0. The predicted octanol–water partition coefficient (Wildman–Crippen LogP) is 5.16. The van der Waals surface area contributed by atoms with E-state index in [-0.39, 0.29) is 46.7 Å². The van der Waals surface area contributed by atoms with Gasteiger partial charge in [0.15, 0.2) is 5.82 Å². The number of piperidine rings is 1. The monoisotopic (exact) mass is 486 g/mol. The molecular formula is C25H22F4N4O2. The molecule has 10 heteroatoms. The highest BCUT2D eigenvalue weighted by Crippen LogP contribution is 2.46. The topological polar surface area (TPSA) is 68.2 Å². The standard InChI is InChI=1S/C25H22F4N4O2/c1-2-18-14-11-19(20(12-14)35-21-8-7-15(13-32-21)25(27,28)29)33(18)24(34)16-5-3-6-17(26)22(16)23-30-9-4-10-31-23/h3-10,13-14,18-20H,2,11-12H2,1H3. The van der Waals surface area contributed by atoms with Crippen molar-refractivity contribution in [3.8, 4) is 17.3 Å². The Balaban J connectivity index is 1.43. The van der Waals surface area contributed by atoms with Gasteiger partial charge >= 0.3 is 6.18 Å². The second-order valence-electron chi connectivity index (χ2n) is 8.76. The molecule has 1 aromatic carbocycles. The first kappa shape index (κ1) is 23.2. The van der Waals surface area contributed by atoms with E-state index < -0.39 is 23.7 Å². The Hall–Kier alpha value is -3.56. The number of benzene rings is 1. The molecule has 3 aromatic rings. The fourth-order valence-electron chi connectivity index (χ4n) is 5.32. The Labute approximate surface area is 199 Å². The summed E-state index contributed by atoms with van der Waals surface area (Å²) in [4.78, 5) is 27.6. The number of ether oxygens (including phenoxy) is 1. The van der Waals surface area contributed by atoms with Crippen LogP contribution in [0.2, 0.25) is 0 Å². The van der Waals surface area contributed by atoms with Gasteiger partial charge in [0.2, 0.25) is 5.88 Å². The number of amides is 1. The SMILES string of the molecule is CCC1C2CC(Oc3ccc(C(F)(F)F)cn3)C(C2)N1C(=O)c1cccc(F)c1-c1ncccn1. The first-order chi connectivity index (χ1) is 16.8. The number of alkyl halides is 3. The molecule has 35 heavy (non-hydrogen) atoms. The molecule has 4 atom stereocenters. The molecule has 5 rings (SSSR count). The average Bonchev–Trinajstić information content (AvgIpc) is 3.41. The van der Waals surface area contributed by atoms with Crippen molar-refractivity contribution in [2.75, 3.05) is 0 Å². The van der Waals surface area contributed by atoms with Crippen LogP contribution >= 0.6 is 0 Å². The highest BCUT2D eigenvalue weighted by atomic mass is 19.4. The zero-order valence-corrected chi connectivity index (χ0v) is 18.7. The van der Waals surface area contributed by atoms with Crippen molar-refractivity contribution in [1.82, 2.24) is 19.9 Å². The summed E-state index contributed by atoms with van der Waals surface area (Å²) in [6.07, 6.45) is 0.855. The van der Waals surface area contributed by atoms with E-state index in [4.69, 9.17) is 4.74 Å². The summed E-state index contributed by atoms with van der Waals surface area (Å²) < 4.78 is 59.4. The second kappa shape index (κ2) is 8.90. The third-order valence-corrected chi connectivity index (χ3v) is 6.79. The van der Waals surface area contributed by atoms with Crippen LogP contribution in [-0.4, -0.2) is 43.9 Å². The van der Waals surface area contributed by atoms with Gasteiger partial charge in [0.05, 0.1) is 22.7 Å². The minimum absolute atomic E-state index is 0.0394. The van der Waals surface area contributed by atoms with Crippen molar-refractivity contribution in [1.29, 1.82) is 0 Å². The molecule has 1 aliphatic carbocycles. The normalized spacial score (nSPS) is 23.5. The summed E-state index contributed by atoms with van der Waals surface area (Å²) in [5.41, 5.74) is -0.659. The van der Waals surface area contributed by atoms with E-state index in [1.54, 1.807) is 17.0 Å². The molecule has 1 saturated heterocycles. The first-order valence-electron chi connectivity index (χ1n) is 11.4. The number of likely N-dealkylation sites (tertiary alicyclic amines) is 1. The van der Waals surface area contributed by atoms with Gasteiger partial charge in [0.1, 0.15) is 11.9 Å². The van der Waals surface area contributed by atoms with E-state index in [2.05, 4.69) is 15.0 Å². The Morgan fingerprint density at radius 1 is 1.09 bits per heavy atom. The Morgan fingerprint density at radius 2 is 1.86 bits per heavy atom. The summed E-state index contributed by atoms with van der Waals surface area (Å²) in [6.45, 7) is 1.99. The largest absolute Gasteiger partial charge is 0.472 e. The van der Waals surface area contributed by atoms with Gasteiger partial charge in [0.25, 0.3) is 5.91 Å². The average molecular weight is 486 g/mol. The quantitative estimate of drug-likeness (QED) is 0.466. The van der Waals surface area contributed by atoms with Gasteiger partial charge in [-0.1, -0.05) is 13.0 Å². The first-order valence-corrected chi connectivity index (χ1v) is 11.4. The molecule has 182 valence electrons. The summed E-state index contributed by atoms with van der Waals surface area (Å²) in [5.74, 6) is -0.590. The number of fused-ring (bicyclic) bond motifs is 2. The molecule has 2 bridgehead atoms. The molecule has 1 saturated carbocycles. The third-order valence-electron chi connectivity index (χ3n) is 6.79. The molecule has 0 spiro atoms. The van der Waals surface area contributed by atoms with Crippen LogP contribution in [0.5, 0.6) is 5.88 Å². The van der Waals surface area contributed by atoms with Crippen molar-refractivity contribution in [2.45, 2.75) is 50.6 Å². The molecule has 1 amide bonds. The number of hydrogen-bond donors (Lipinski definition) is 0. The maximum Gasteiger partial charge on any atom is 0.417 e. The van der Waals surface area contributed by atoms with Crippen LogP contribution in [0.3, 0.4) is 0 Å². The van der Waals surface area contributed by atoms with Crippen LogP contribution in [0.25, 0.3) is 11.4 Å². The van der Waals surface area contributed by atoms with Gasteiger partial charge in [-0.2, -0.15) is 13.2 Å². The highest BCUT2D eigenvalue weighted by molar-refractivity contribution is 6.01. The molecule has 6 nitrogen and oxygen atoms in total.